The molecule has 0 radical (unpaired) electrons. The van der Waals surface area contributed by atoms with E-state index in [0.717, 1.165) is 23.2 Å². The third-order valence-corrected chi connectivity index (χ3v) is 4.80. The predicted octanol–water partition coefficient (Wildman–Crippen LogP) is 4.44. The second-order valence-corrected chi connectivity index (χ2v) is 8.04. The number of amides is 1. The first-order valence-electron chi connectivity index (χ1n) is 9.19. The van der Waals surface area contributed by atoms with Crippen LogP contribution in [0.25, 0.3) is 0 Å². The van der Waals surface area contributed by atoms with E-state index in [1.165, 1.54) is 0 Å². The molecule has 1 aromatic rings. The Bertz CT molecular complexity index is 701. The van der Waals surface area contributed by atoms with Crippen LogP contribution in [0.5, 0.6) is 0 Å². The van der Waals surface area contributed by atoms with Crippen LogP contribution in [-0.4, -0.2) is 37.4 Å². The molecule has 2 N–H and O–H groups in total. The Morgan fingerprint density at radius 1 is 1.26 bits per heavy atom. The van der Waals surface area contributed by atoms with Crippen LogP contribution in [-0.2, 0) is 10.2 Å². The number of alkyl halides is 3. The third kappa shape index (κ3) is 5.47. The van der Waals surface area contributed by atoms with E-state index in [9.17, 15) is 18.0 Å². The number of hydrogen-bond acceptors (Lipinski definition) is 3. The minimum absolute atomic E-state index is 0.232. The summed E-state index contributed by atoms with van der Waals surface area (Å²) in [6.07, 6.45) is -1.35. The Kier molecular flexibility index (Phi) is 6.22. The fourth-order valence-corrected chi connectivity index (χ4v) is 3.12. The molecule has 2 rings (SSSR count). The number of nitrogens with one attached hydrogen (secondary N) is 2. The fourth-order valence-electron chi connectivity index (χ4n) is 3.12. The molecule has 1 aliphatic rings. The molecular formula is C20H28F3N3O. The van der Waals surface area contributed by atoms with Crippen LogP contribution < -0.4 is 10.6 Å². The predicted molar refractivity (Wildman–Crippen MR) is 103 cm³/mol. The molecule has 0 heterocycles. The highest BCUT2D eigenvalue weighted by molar-refractivity contribution is 5.92. The zero-order valence-electron chi connectivity index (χ0n) is 16.3. The molecule has 0 bridgehead atoms. The van der Waals surface area contributed by atoms with E-state index in [1.54, 1.807) is 6.21 Å². The summed E-state index contributed by atoms with van der Waals surface area (Å²) in [5.74, 6) is -0.325. The molecule has 1 aliphatic carbocycles. The molecule has 0 aliphatic heterocycles. The standard InChI is InChI=1S/C20H28F3N3O/c1-18(2,3)26-13-14-12-15(6-7-16(14)24-4)19(8-5-9-19)17(27)25-11-10-20(21,22)23/h6-7,12-13,24H,5,8-11H2,1-4H3,(H,25,27). The third-order valence-electron chi connectivity index (χ3n) is 4.80. The van der Waals surface area contributed by atoms with Crippen LogP contribution in [0, 0.1) is 0 Å². The van der Waals surface area contributed by atoms with Gasteiger partial charge in [0.2, 0.25) is 5.91 Å². The van der Waals surface area contributed by atoms with Crippen LogP contribution in [0.4, 0.5) is 18.9 Å². The van der Waals surface area contributed by atoms with E-state index in [0.29, 0.717) is 12.8 Å². The Morgan fingerprint density at radius 3 is 2.41 bits per heavy atom. The Morgan fingerprint density at radius 2 is 1.93 bits per heavy atom. The molecule has 4 nitrogen and oxygen atoms in total. The summed E-state index contributed by atoms with van der Waals surface area (Å²) in [6, 6.07) is 5.69. The Balaban J connectivity index is 2.25. The second kappa shape index (κ2) is 7.90. The smallest absolute Gasteiger partial charge is 0.388 e. The van der Waals surface area contributed by atoms with Crippen molar-refractivity contribution in [3.63, 3.8) is 0 Å². The van der Waals surface area contributed by atoms with Gasteiger partial charge in [0.15, 0.2) is 0 Å². The lowest BCUT2D eigenvalue weighted by atomic mass is 9.63. The van der Waals surface area contributed by atoms with Crippen LogP contribution in [0.15, 0.2) is 23.2 Å². The van der Waals surface area contributed by atoms with Crippen molar-refractivity contribution >= 4 is 17.8 Å². The molecule has 1 aromatic carbocycles. The monoisotopic (exact) mass is 383 g/mol. The second-order valence-electron chi connectivity index (χ2n) is 8.04. The van der Waals surface area contributed by atoms with Crippen LogP contribution >= 0.6 is 0 Å². The maximum atomic E-state index is 12.7. The van der Waals surface area contributed by atoms with Gasteiger partial charge in [0.1, 0.15) is 0 Å². The first kappa shape index (κ1) is 21.3. The van der Waals surface area contributed by atoms with Crippen molar-refractivity contribution in [2.45, 2.75) is 63.6 Å². The zero-order chi connectivity index (χ0) is 20.3. The normalized spacial score (nSPS) is 16.9. The minimum Gasteiger partial charge on any atom is -0.388 e. The fraction of sp³-hybridized carbons (Fsp3) is 0.600. The summed E-state index contributed by atoms with van der Waals surface area (Å²) in [4.78, 5) is 17.2. The van der Waals surface area contributed by atoms with Gasteiger partial charge in [-0.15, -0.1) is 0 Å². The van der Waals surface area contributed by atoms with Crippen molar-refractivity contribution in [3.8, 4) is 0 Å². The number of rotatable bonds is 6. The van der Waals surface area contributed by atoms with Crippen molar-refractivity contribution in [2.75, 3.05) is 18.9 Å². The van der Waals surface area contributed by atoms with Crippen molar-refractivity contribution in [3.05, 3.63) is 29.3 Å². The van der Waals surface area contributed by atoms with Gasteiger partial charge in [-0.05, 0) is 51.3 Å². The maximum Gasteiger partial charge on any atom is 0.390 e. The molecule has 0 atom stereocenters. The van der Waals surface area contributed by atoms with Gasteiger partial charge in [0.05, 0.1) is 17.4 Å². The van der Waals surface area contributed by atoms with Crippen molar-refractivity contribution in [1.29, 1.82) is 0 Å². The number of benzene rings is 1. The van der Waals surface area contributed by atoms with Crippen molar-refractivity contribution in [1.82, 2.24) is 5.32 Å². The molecule has 0 unspecified atom stereocenters. The van der Waals surface area contributed by atoms with Gasteiger partial charge in [0.25, 0.3) is 0 Å². The van der Waals surface area contributed by atoms with Crippen LogP contribution in [0.3, 0.4) is 0 Å². The molecule has 1 saturated carbocycles. The number of carbonyl (C=O) groups excluding carboxylic acids is 1. The zero-order valence-corrected chi connectivity index (χ0v) is 16.3. The van der Waals surface area contributed by atoms with E-state index in [4.69, 9.17) is 0 Å². The van der Waals surface area contributed by atoms with E-state index in [2.05, 4.69) is 15.6 Å². The van der Waals surface area contributed by atoms with Gasteiger partial charge in [-0.25, -0.2) is 0 Å². The summed E-state index contributed by atoms with van der Waals surface area (Å²) in [7, 11) is 1.81. The van der Waals surface area contributed by atoms with E-state index in [1.807, 2.05) is 46.0 Å². The lowest BCUT2D eigenvalue weighted by Crippen LogP contribution is -2.49. The lowest BCUT2D eigenvalue weighted by molar-refractivity contribution is -0.138. The number of hydrogen-bond donors (Lipinski definition) is 2. The number of nitrogens with zero attached hydrogens (tertiary/aromatic N) is 1. The minimum atomic E-state index is -4.27. The lowest BCUT2D eigenvalue weighted by Gasteiger charge is -2.41. The van der Waals surface area contributed by atoms with Crippen molar-refractivity contribution in [2.24, 2.45) is 4.99 Å². The summed E-state index contributed by atoms with van der Waals surface area (Å²) >= 11 is 0. The van der Waals surface area contributed by atoms with E-state index >= 15 is 0 Å². The van der Waals surface area contributed by atoms with Gasteiger partial charge in [-0.2, -0.15) is 13.2 Å². The first-order chi connectivity index (χ1) is 12.5. The average Bonchev–Trinajstić information content (AvgIpc) is 2.50. The molecule has 150 valence electrons. The molecule has 1 amide bonds. The summed E-state index contributed by atoms with van der Waals surface area (Å²) < 4.78 is 37.1. The highest BCUT2D eigenvalue weighted by Crippen LogP contribution is 2.44. The van der Waals surface area contributed by atoms with Crippen LogP contribution in [0.1, 0.15) is 57.6 Å². The van der Waals surface area contributed by atoms with Crippen molar-refractivity contribution < 1.29 is 18.0 Å². The summed E-state index contributed by atoms with van der Waals surface area (Å²) in [5.41, 5.74) is 1.59. The number of carbonyl (C=O) groups is 1. The van der Waals surface area contributed by atoms with Crippen LogP contribution in [0.2, 0.25) is 0 Å². The SMILES string of the molecule is CNc1ccc(C2(C(=O)NCCC(F)(F)F)CCC2)cc1C=NC(C)(C)C. The topological polar surface area (TPSA) is 53.5 Å². The first-order valence-corrected chi connectivity index (χ1v) is 9.19. The highest BCUT2D eigenvalue weighted by Gasteiger charge is 2.45. The average molecular weight is 383 g/mol. The molecular weight excluding hydrogens is 355 g/mol. The Labute approximate surface area is 158 Å². The number of anilines is 1. The van der Waals surface area contributed by atoms with Gasteiger partial charge >= 0.3 is 6.18 Å². The van der Waals surface area contributed by atoms with Gasteiger partial charge < -0.3 is 10.6 Å². The van der Waals surface area contributed by atoms with Gasteiger partial charge in [-0.1, -0.05) is 12.5 Å². The number of aliphatic imine (C=N–C) groups is 1. The number of halogens is 3. The quantitative estimate of drug-likeness (QED) is 0.714. The maximum absolute atomic E-state index is 12.7. The van der Waals surface area contributed by atoms with E-state index < -0.39 is 24.6 Å². The summed E-state index contributed by atoms with van der Waals surface area (Å²) in [5, 5.41) is 5.59. The van der Waals surface area contributed by atoms with Gasteiger partial charge in [-0.3, -0.25) is 9.79 Å². The molecule has 0 spiro atoms. The molecule has 7 heteroatoms. The largest absolute Gasteiger partial charge is 0.390 e. The summed E-state index contributed by atoms with van der Waals surface area (Å²) in [6.45, 7) is 5.59. The van der Waals surface area contributed by atoms with E-state index in [-0.39, 0.29) is 11.4 Å². The molecule has 0 saturated heterocycles. The van der Waals surface area contributed by atoms with Gasteiger partial charge in [0, 0.05) is 31.1 Å². The molecule has 27 heavy (non-hydrogen) atoms. The molecule has 1 fully saturated rings. The molecule has 0 aromatic heterocycles. The Hall–Kier alpha value is -2.05. The highest BCUT2D eigenvalue weighted by atomic mass is 19.4.